The Morgan fingerprint density at radius 2 is 2.20 bits per heavy atom. The van der Waals surface area contributed by atoms with Crippen molar-refractivity contribution in [2.75, 3.05) is 11.1 Å². The molecule has 1 heterocycles. The predicted octanol–water partition coefficient (Wildman–Crippen LogP) is 4.18. The van der Waals surface area contributed by atoms with E-state index < -0.39 is 0 Å². The number of aryl methyl sites for hydroxylation is 3. The van der Waals surface area contributed by atoms with Crippen molar-refractivity contribution in [1.82, 2.24) is 4.98 Å². The van der Waals surface area contributed by atoms with Crippen molar-refractivity contribution in [1.29, 1.82) is 5.26 Å². The van der Waals surface area contributed by atoms with Crippen LogP contribution in [0.1, 0.15) is 40.8 Å². The van der Waals surface area contributed by atoms with Gasteiger partial charge in [0.2, 0.25) is 5.91 Å². The summed E-state index contributed by atoms with van der Waals surface area (Å²) in [5.74, 6) is 0.595. The number of anilines is 1. The Kier molecular flexibility index (Phi) is 5.40. The number of nitrogens with one attached hydrogen (secondary N) is 1. The zero-order chi connectivity index (χ0) is 17.8. The molecule has 1 aliphatic rings. The zero-order valence-corrected chi connectivity index (χ0v) is 15.4. The minimum Gasteiger partial charge on any atom is -0.326 e. The quantitative estimate of drug-likeness (QED) is 0.821. The van der Waals surface area contributed by atoms with Gasteiger partial charge in [-0.25, -0.2) is 4.98 Å². The maximum atomic E-state index is 12.2. The Balaban J connectivity index is 1.59. The number of hydrogen-bond acceptors (Lipinski definition) is 4. The average molecular weight is 351 g/mol. The molecule has 2 aromatic rings. The highest BCUT2D eigenvalue weighted by Crippen LogP contribution is 2.28. The molecule has 1 aromatic heterocycles. The molecule has 0 fully saturated rings. The van der Waals surface area contributed by atoms with Gasteiger partial charge in [0, 0.05) is 23.6 Å². The van der Waals surface area contributed by atoms with Crippen LogP contribution in [0.25, 0.3) is 0 Å². The van der Waals surface area contributed by atoms with Gasteiger partial charge in [-0.2, -0.15) is 5.26 Å². The molecule has 0 aliphatic heterocycles. The van der Waals surface area contributed by atoms with Gasteiger partial charge >= 0.3 is 0 Å². The third-order valence-corrected chi connectivity index (χ3v) is 5.58. The largest absolute Gasteiger partial charge is 0.326 e. The monoisotopic (exact) mass is 351 g/mol. The maximum absolute atomic E-state index is 12.2. The van der Waals surface area contributed by atoms with Crippen LogP contribution in [0.2, 0.25) is 0 Å². The first kappa shape index (κ1) is 17.5. The lowest BCUT2D eigenvalue weighted by Crippen LogP contribution is -2.13. The fourth-order valence-corrected chi connectivity index (χ4v) is 3.90. The molecule has 25 heavy (non-hydrogen) atoms. The highest BCUT2D eigenvalue weighted by molar-refractivity contribution is 7.99. The molecule has 0 bridgehead atoms. The number of nitriles is 1. The maximum Gasteiger partial charge on any atom is 0.225 e. The van der Waals surface area contributed by atoms with Crippen LogP contribution in [0.4, 0.5) is 5.69 Å². The third-order valence-electron chi connectivity index (χ3n) is 4.58. The first-order valence-corrected chi connectivity index (χ1v) is 9.49. The van der Waals surface area contributed by atoms with Gasteiger partial charge in [-0.05, 0) is 61.9 Å². The Morgan fingerprint density at radius 1 is 1.36 bits per heavy atom. The van der Waals surface area contributed by atoms with Crippen molar-refractivity contribution in [3.8, 4) is 6.07 Å². The Bertz CT molecular complexity index is 855. The molecule has 0 saturated carbocycles. The van der Waals surface area contributed by atoms with E-state index in [-0.39, 0.29) is 5.91 Å². The van der Waals surface area contributed by atoms with Gasteiger partial charge in [0.1, 0.15) is 11.1 Å². The fraction of sp³-hybridized carbons (Fsp3) is 0.350. The topological polar surface area (TPSA) is 65.8 Å². The van der Waals surface area contributed by atoms with E-state index in [2.05, 4.69) is 16.4 Å². The van der Waals surface area contributed by atoms with Gasteiger partial charge < -0.3 is 5.32 Å². The smallest absolute Gasteiger partial charge is 0.225 e. The molecule has 1 amide bonds. The van der Waals surface area contributed by atoms with E-state index in [9.17, 15) is 10.1 Å². The molecule has 4 nitrogen and oxygen atoms in total. The lowest BCUT2D eigenvalue weighted by molar-refractivity contribution is -0.115. The van der Waals surface area contributed by atoms with Gasteiger partial charge in [-0.15, -0.1) is 11.8 Å². The number of nitrogens with zero attached hydrogens (tertiary/aromatic N) is 2. The highest BCUT2D eigenvalue weighted by atomic mass is 32.2. The second-order valence-electron chi connectivity index (χ2n) is 6.31. The van der Waals surface area contributed by atoms with Gasteiger partial charge in [0.05, 0.1) is 5.56 Å². The summed E-state index contributed by atoms with van der Waals surface area (Å²) in [6, 6.07) is 10.1. The average Bonchev–Trinajstić information content (AvgIpc) is 3.05. The van der Waals surface area contributed by atoms with Crippen molar-refractivity contribution < 1.29 is 4.79 Å². The molecule has 1 N–H and O–H groups in total. The molecule has 0 atom stereocenters. The van der Waals surface area contributed by atoms with Crippen molar-refractivity contribution in [2.24, 2.45) is 0 Å². The van der Waals surface area contributed by atoms with E-state index in [1.165, 1.54) is 17.3 Å². The second-order valence-corrected chi connectivity index (χ2v) is 7.39. The van der Waals surface area contributed by atoms with E-state index in [0.717, 1.165) is 46.8 Å². The van der Waals surface area contributed by atoms with Crippen molar-refractivity contribution in [3.05, 3.63) is 52.2 Å². The molecular formula is C20H21N3OS. The van der Waals surface area contributed by atoms with Crippen LogP contribution < -0.4 is 5.32 Å². The fourth-order valence-electron chi connectivity index (χ4n) is 2.98. The van der Waals surface area contributed by atoms with Crippen LogP contribution in [0.5, 0.6) is 0 Å². The number of pyridine rings is 1. The van der Waals surface area contributed by atoms with Crippen LogP contribution in [0.15, 0.2) is 29.3 Å². The number of aromatic nitrogens is 1. The molecule has 0 unspecified atom stereocenters. The minimum absolute atomic E-state index is 0.0131. The molecule has 0 saturated heterocycles. The first-order valence-electron chi connectivity index (χ1n) is 8.50. The van der Waals surface area contributed by atoms with E-state index in [1.54, 1.807) is 0 Å². The Morgan fingerprint density at radius 3 is 3.00 bits per heavy atom. The van der Waals surface area contributed by atoms with Gasteiger partial charge in [0.15, 0.2) is 0 Å². The number of amides is 1. The van der Waals surface area contributed by atoms with E-state index in [1.807, 2.05) is 38.1 Å². The van der Waals surface area contributed by atoms with Crippen LogP contribution in [0, 0.1) is 25.2 Å². The zero-order valence-electron chi connectivity index (χ0n) is 14.6. The van der Waals surface area contributed by atoms with E-state index in [4.69, 9.17) is 0 Å². The third kappa shape index (κ3) is 4.02. The van der Waals surface area contributed by atoms with Crippen molar-refractivity contribution in [2.45, 2.75) is 44.6 Å². The minimum atomic E-state index is -0.0131. The molecule has 1 aliphatic carbocycles. The molecule has 0 radical (unpaired) electrons. The lowest BCUT2D eigenvalue weighted by atomic mass is 10.1. The second kappa shape index (κ2) is 7.71. The summed E-state index contributed by atoms with van der Waals surface area (Å²) < 4.78 is 0. The van der Waals surface area contributed by atoms with Crippen LogP contribution in [0.3, 0.4) is 0 Å². The number of rotatable bonds is 5. The number of fused-ring (bicyclic) bond motifs is 1. The van der Waals surface area contributed by atoms with Crippen molar-refractivity contribution in [3.63, 3.8) is 0 Å². The van der Waals surface area contributed by atoms with Crippen LogP contribution in [-0.4, -0.2) is 16.6 Å². The summed E-state index contributed by atoms with van der Waals surface area (Å²) in [6.45, 7) is 4.04. The van der Waals surface area contributed by atoms with Crippen LogP contribution in [-0.2, 0) is 17.6 Å². The van der Waals surface area contributed by atoms with E-state index in [0.29, 0.717) is 17.7 Å². The molecule has 5 heteroatoms. The summed E-state index contributed by atoms with van der Waals surface area (Å²) >= 11 is 1.49. The van der Waals surface area contributed by atoms with Gasteiger partial charge in [-0.1, -0.05) is 12.1 Å². The van der Waals surface area contributed by atoms with Crippen LogP contribution >= 0.6 is 11.8 Å². The summed E-state index contributed by atoms with van der Waals surface area (Å²) in [5, 5.41) is 13.0. The number of hydrogen-bond donors (Lipinski definition) is 1. The SMILES string of the molecule is Cc1cccc(NC(=O)CCSc2nc3c(cc2C#N)CCC3)c1C. The standard InChI is InChI=1S/C20H21N3OS/c1-13-5-3-7-17(14(13)2)22-19(24)9-10-25-20-16(12-21)11-15-6-4-8-18(15)23-20/h3,5,7,11H,4,6,8-10H2,1-2H3,(H,22,24). The lowest BCUT2D eigenvalue weighted by Gasteiger charge is -2.10. The summed E-state index contributed by atoms with van der Waals surface area (Å²) in [5.41, 5.74) is 6.06. The molecule has 128 valence electrons. The molecule has 3 rings (SSSR count). The van der Waals surface area contributed by atoms with E-state index >= 15 is 0 Å². The van der Waals surface area contributed by atoms with Gasteiger partial charge in [-0.3, -0.25) is 4.79 Å². The summed E-state index contributed by atoms with van der Waals surface area (Å²) in [7, 11) is 0. The number of carbonyl (C=O) groups is 1. The Hall–Kier alpha value is -2.32. The summed E-state index contributed by atoms with van der Waals surface area (Å²) in [4.78, 5) is 16.8. The number of carbonyl (C=O) groups excluding carboxylic acids is 1. The molecular weight excluding hydrogens is 330 g/mol. The molecule has 1 aromatic carbocycles. The summed E-state index contributed by atoms with van der Waals surface area (Å²) in [6.07, 6.45) is 3.50. The first-order chi connectivity index (χ1) is 12.1. The predicted molar refractivity (Wildman–Crippen MR) is 101 cm³/mol. The molecule has 0 spiro atoms. The van der Waals surface area contributed by atoms with Gasteiger partial charge in [0.25, 0.3) is 0 Å². The number of thioether (sulfide) groups is 1. The highest BCUT2D eigenvalue weighted by Gasteiger charge is 2.17. The van der Waals surface area contributed by atoms with Crippen molar-refractivity contribution >= 4 is 23.4 Å². The number of benzene rings is 1. The Labute approximate surface area is 152 Å². The normalized spacial score (nSPS) is 12.5.